The number of anilines is 1. The van der Waals surface area contributed by atoms with Gasteiger partial charge in [0.1, 0.15) is 12.6 Å². The molecule has 5 rings (SSSR count). The molecule has 1 saturated carbocycles. The van der Waals surface area contributed by atoms with Gasteiger partial charge in [0.05, 0.1) is 16.1 Å². The quantitative estimate of drug-likeness (QED) is 0.169. The van der Waals surface area contributed by atoms with Gasteiger partial charge >= 0.3 is 6.18 Å². The highest BCUT2D eigenvalue weighted by Gasteiger charge is 2.37. The van der Waals surface area contributed by atoms with E-state index >= 15 is 0 Å². The number of hydrogen-bond donors (Lipinski definition) is 1. The van der Waals surface area contributed by atoms with Gasteiger partial charge in [0.15, 0.2) is 0 Å². The molecule has 11 heteroatoms. The maximum absolute atomic E-state index is 14.6. The van der Waals surface area contributed by atoms with Gasteiger partial charge in [0.25, 0.3) is 10.0 Å². The number of sulfonamides is 1. The van der Waals surface area contributed by atoms with Crippen molar-refractivity contribution in [3.63, 3.8) is 0 Å². The van der Waals surface area contributed by atoms with Crippen molar-refractivity contribution >= 4 is 27.5 Å². The Morgan fingerprint density at radius 1 is 0.816 bits per heavy atom. The van der Waals surface area contributed by atoms with Gasteiger partial charge in [0.2, 0.25) is 11.8 Å². The van der Waals surface area contributed by atoms with Crippen LogP contribution in [0.5, 0.6) is 0 Å². The van der Waals surface area contributed by atoms with Crippen molar-refractivity contribution in [1.82, 2.24) is 10.2 Å². The predicted octanol–water partition coefficient (Wildman–Crippen LogP) is 7.30. The van der Waals surface area contributed by atoms with Crippen molar-refractivity contribution in [2.75, 3.05) is 10.8 Å². The van der Waals surface area contributed by atoms with Gasteiger partial charge in [-0.2, -0.15) is 13.2 Å². The van der Waals surface area contributed by atoms with E-state index in [0.717, 1.165) is 61.4 Å². The van der Waals surface area contributed by atoms with Gasteiger partial charge in [0, 0.05) is 19.0 Å². The summed E-state index contributed by atoms with van der Waals surface area (Å²) >= 11 is 0. The lowest BCUT2D eigenvalue weighted by Gasteiger charge is -2.35. The first-order valence-electron chi connectivity index (χ1n) is 16.4. The summed E-state index contributed by atoms with van der Waals surface area (Å²) < 4.78 is 70.6. The number of carbonyl (C=O) groups excluding carboxylic acids is 2. The van der Waals surface area contributed by atoms with Gasteiger partial charge < -0.3 is 10.2 Å². The van der Waals surface area contributed by atoms with Crippen molar-refractivity contribution in [3.05, 3.63) is 131 Å². The number of amides is 2. The summed E-state index contributed by atoms with van der Waals surface area (Å²) in [6, 6.07) is 26.9. The molecule has 7 nitrogen and oxygen atoms in total. The van der Waals surface area contributed by atoms with E-state index in [2.05, 4.69) is 5.32 Å². The molecule has 0 aliphatic heterocycles. The SMILES string of the molecule is Cc1ccc(S(=O)(=O)N(CC(=O)N(Cc2ccccc2)[C@@H](Cc2ccccc2)C(=O)NC2CCCCC2)c2cccc(C(F)(F)F)c2)cc1. The van der Waals surface area contributed by atoms with Crippen LogP contribution in [0.25, 0.3) is 0 Å². The maximum atomic E-state index is 14.6. The summed E-state index contributed by atoms with van der Waals surface area (Å²) in [5.74, 6) is -1.11. The molecule has 258 valence electrons. The predicted molar refractivity (Wildman–Crippen MR) is 183 cm³/mol. The Hall–Kier alpha value is -4.64. The van der Waals surface area contributed by atoms with Gasteiger partial charge in [-0.1, -0.05) is 104 Å². The number of benzene rings is 4. The fraction of sp³-hybridized carbons (Fsp3) is 0.316. The average Bonchev–Trinajstić information content (AvgIpc) is 3.09. The summed E-state index contributed by atoms with van der Waals surface area (Å²) in [7, 11) is -4.54. The second-order valence-corrected chi connectivity index (χ2v) is 14.3. The zero-order valence-corrected chi connectivity index (χ0v) is 28.1. The molecule has 2 amide bonds. The normalized spacial score (nSPS) is 14.5. The highest BCUT2D eigenvalue weighted by molar-refractivity contribution is 7.92. The monoisotopic (exact) mass is 691 g/mol. The van der Waals surface area contributed by atoms with Crippen LogP contribution >= 0.6 is 0 Å². The lowest BCUT2D eigenvalue weighted by atomic mass is 9.94. The molecule has 0 radical (unpaired) electrons. The highest BCUT2D eigenvalue weighted by Crippen LogP contribution is 2.33. The van der Waals surface area contributed by atoms with Gasteiger partial charge in [-0.3, -0.25) is 13.9 Å². The number of halogens is 3. The lowest BCUT2D eigenvalue weighted by molar-refractivity contribution is -0.140. The second-order valence-electron chi connectivity index (χ2n) is 12.4. The minimum Gasteiger partial charge on any atom is -0.352 e. The third kappa shape index (κ3) is 9.29. The molecular formula is C38H40F3N3O4S. The van der Waals surface area contributed by atoms with E-state index in [0.29, 0.717) is 9.87 Å². The van der Waals surface area contributed by atoms with Crippen LogP contribution in [0.2, 0.25) is 0 Å². The Balaban J connectivity index is 1.58. The standard InChI is InChI=1S/C38H40F3N3O4S/c1-28-20-22-34(23-21-28)49(47,48)44(33-19-11-16-31(25-33)38(39,40)41)27-36(45)43(26-30-14-7-3-8-15-30)35(24-29-12-5-2-6-13-29)37(46)42-32-17-9-4-10-18-32/h2-3,5-8,11-16,19-23,25,32,35H,4,9-10,17-18,24,26-27H2,1H3,(H,42,46)/t35-/m0/s1. The molecule has 4 aromatic rings. The molecule has 0 unspecified atom stereocenters. The van der Waals surface area contributed by atoms with E-state index in [1.165, 1.54) is 23.1 Å². The Morgan fingerprint density at radius 2 is 1.43 bits per heavy atom. The molecule has 4 aromatic carbocycles. The van der Waals surface area contributed by atoms with E-state index in [4.69, 9.17) is 0 Å². The molecule has 0 aromatic heterocycles. The zero-order valence-electron chi connectivity index (χ0n) is 27.3. The largest absolute Gasteiger partial charge is 0.416 e. The smallest absolute Gasteiger partial charge is 0.352 e. The van der Waals surface area contributed by atoms with Crippen LogP contribution in [0.15, 0.2) is 114 Å². The van der Waals surface area contributed by atoms with Gasteiger partial charge in [-0.05, 0) is 61.2 Å². The molecular weight excluding hydrogens is 651 g/mol. The molecule has 49 heavy (non-hydrogen) atoms. The topological polar surface area (TPSA) is 86.8 Å². The molecule has 0 spiro atoms. The van der Waals surface area contributed by atoms with Crippen LogP contribution < -0.4 is 9.62 Å². The van der Waals surface area contributed by atoms with Crippen molar-refractivity contribution in [2.45, 2.75) is 75.1 Å². The van der Waals surface area contributed by atoms with Crippen LogP contribution in [0.3, 0.4) is 0 Å². The van der Waals surface area contributed by atoms with Crippen molar-refractivity contribution < 1.29 is 31.2 Å². The summed E-state index contributed by atoms with van der Waals surface area (Å²) in [6.45, 7) is 0.903. The molecule has 1 aliphatic rings. The number of nitrogens with zero attached hydrogens (tertiary/aromatic N) is 2. The Morgan fingerprint density at radius 3 is 2.04 bits per heavy atom. The minimum atomic E-state index is -4.75. The van der Waals surface area contributed by atoms with E-state index in [1.54, 1.807) is 43.3 Å². The first-order valence-corrected chi connectivity index (χ1v) is 17.8. The molecule has 1 aliphatic carbocycles. The van der Waals surface area contributed by atoms with Gasteiger partial charge in [-0.25, -0.2) is 8.42 Å². The molecule has 0 heterocycles. The van der Waals surface area contributed by atoms with E-state index in [9.17, 15) is 31.2 Å². The fourth-order valence-corrected chi connectivity index (χ4v) is 7.49. The van der Waals surface area contributed by atoms with Gasteiger partial charge in [-0.15, -0.1) is 0 Å². The third-order valence-corrected chi connectivity index (χ3v) is 10.6. The van der Waals surface area contributed by atoms with Crippen LogP contribution in [0, 0.1) is 6.92 Å². The molecule has 0 saturated heterocycles. The van der Waals surface area contributed by atoms with E-state index in [-0.39, 0.29) is 35.5 Å². The van der Waals surface area contributed by atoms with Crippen LogP contribution in [-0.2, 0) is 38.8 Å². The maximum Gasteiger partial charge on any atom is 0.416 e. The number of nitrogens with one attached hydrogen (secondary N) is 1. The molecule has 1 atom stereocenters. The Labute approximate surface area is 285 Å². The minimum absolute atomic E-state index is 0.0315. The van der Waals surface area contributed by atoms with Crippen LogP contribution in [0.4, 0.5) is 18.9 Å². The zero-order chi connectivity index (χ0) is 35.0. The number of hydrogen-bond acceptors (Lipinski definition) is 4. The molecule has 0 bridgehead atoms. The second kappa shape index (κ2) is 15.7. The number of rotatable bonds is 12. The first kappa shape index (κ1) is 35.7. The Kier molecular flexibility index (Phi) is 11.4. The number of aryl methyl sites for hydroxylation is 1. The summed E-state index contributed by atoms with van der Waals surface area (Å²) in [5.41, 5.74) is 0.888. The van der Waals surface area contributed by atoms with Crippen molar-refractivity contribution in [3.8, 4) is 0 Å². The van der Waals surface area contributed by atoms with Crippen LogP contribution in [-0.4, -0.2) is 43.8 Å². The summed E-state index contributed by atoms with van der Waals surface area (Å²) in [4.78, 5) is 29.9. The highest BCUT2D eigenvalue weighted by atomic mass is 32.2. The van der Waals surface area contributed by atoms with Crippen molar-refractivity contribution in [2.24, 2.45) is 0 Å². The number of carbonyl (C=O) groups is 2. The Bertz CT molecular complexity index is 1810. The van der Waals surface area contributed by atoms with Crippen molar-refractivity contribution in [1.29, 1.82) is 0 Å². The lowest BCUT2D eigenvalue weighted by Crippen LogP contribution is -2.55. The van der Waals surface area contributed by atoms with E-state index in [1.807, 2.05) is 36.4 Å². The summed E-state index contributed by atoms with van der Waals surface area (Å²) in [5, 5.41) is 3.14. The average molecular weight is 692 g/mol. The fourth-order valence-electron chi connectivity index (χ4n) is 6.08. The van der Waals surface area contributed by atoms with Crippen LogP contribution in [0.1, 0.15) is 54.4 Å². The first-order chi connectivity index (χ1) is 23.4. The van der Waals surface area contributed by atoms with E-state index < -0.39 is 40.3 Å². The molecule has 1 N–H and O–H groups in total. The third-order valence-electron chi connectivity index (χ3n) is 8.77. The number of alkyl halides is 3. The molecule has 1 fully saturated rings. The summed E-state index contributed by atoms with van der Waals surface area (Å²) in [6.07, 6.45) is 0.0544.